The molecule has 0 bridgehead atoms. The Morgan fingerprint density at radius 3 is 2.81 bits per heavy atom. The molecule has 21 heavy (non-hydrogen) atoms. The Hall–Kier alpha value is -3.06. The number of anilines is 1. The van der Waals surface area contributed by atoms with Crippen LogP contribution < -0.4 is 10.5 Å². The Bertz CT molecular complexity index is 866. The first-order valence-electron chi connectivity index (χ1n) is 6.51. The summed E-state index contributed by atoms with van der Waals surface area (Å²) in [4.78, 5) is 4.28. The highest BCUT2D eigenvalue weighted by Crippen LogP contribution is 2.34. The predicted octanol–water partition coefficient (Wildman–Crippen LogP) is 3.79. The Balaban J connectivity index is 2.16. The van der Waals surface area contributed by atoms with E-state index in [9.17, 15) is 5.26 Å². The summed E-state index contributed by atoms with van der Waals surface area (Å²) in [6, 6.07) is 14.9. The largest absolute Gasteiger partial charge is 0.455 e. The molecule has 0 saturated carbocycles. The SMILES string of the molecule is Cc1cccc(C#N)c1Oc1ccc(N)c2ncccc12. The molecule has 0 saturated heterocycles. The van der Waals surface area contributed by atoms with E-state index in [0.29, 0.717) is 28.3 Å². The summed E-state index contributed by atoms with van der Waals surface area (Å²) in [5, 5.41) is 10.0. The molecule has 0 aliphatic carbocycles. The number of nitrogen functional groups attached to an aromatic ring is 1. The highest BCUT2D eigenvalue weighted by Gasteiger charge is 2.11. The number of rotatable bonds is 2. The van der Waals surface area contributed by atoms with Crippen molar-refractivity contribution in [2.75, 3.05) is 5.73 Å². The zero-order valence-electron chi connectivity index (χ0n) is 11.5. The lowest BCUT2D eigenvalue weighted by Gasteiger charge is -2.13. The first-order valence-corrected chi connectivity index (χ1v) is 6.51. The number of pyridine rings is 1. The summed E-state index contributed by atoms with van der Waals surface area (Å²) in [6.07, 6.45) is 1.69. The van der Waals surface area contributed by atoms with Gasteiger partial charge >= 0.3 is 0 Å². The van der Waals surface area contributed by atoms with E-state index in [2.05, 4.69) is 11.1 Å². The lowest BCUT2D eigenvalue weighted by Crippen LogP contribution is -1.95. The second kappa shape index (κ2) is 5.14. The standard InChI is InChI=1S/C17H13N3O/c1-11-4-2-5-12(10-18)17(11)21-15-8-7-14(19)16-13(15)6-3-9-20-16/h2-9H,19H2,1H3. The Morgan fingerprint density at radius 1 is 1.14 bits per heavy atom. The van der Waals surface area contributed by atoms with Crippen LogP contribution in [0.25, 0.3) is 10.9 Å². The van der Waals surface area contributed by atoms with Crippen LogP contribution in [0.4, 0.5) is 5.69 Å². The highest BCUT2D eigenvalue weighted by atomic mass is 16.5. The number of fused-ring (bicyclic) bond motifs is 1. The topological polar surface area (TPSA) is 71.9 Å². The number of nitriles is 1. The molecule has 1 heterocycles. The van der Waals surface area contributed by atoms with Gasteiger partial charge in [-0.2, -0.15) is 5.26 Å². The Labute approximate surface area is 122 Å². The fraction of sp³-hybridized carbons (Fsp3) is 0.0588. The van der Waals surface area contributed by atoms with Gasteiger partial charge in [0.15, 0.2) is 0 Å². The van der Waals surface area contributed by atoms with Crippen LogP contribution in [0.2, 0.25) is 0 Å². The van der Waals surface area contributed by atoms with Gasteiger partial charge in [-0.3, -0.25) is 4.98 Å². The first-order chi connectivity index (χ1) is 10.2. The number of hydrogen-bond acceptors (Lipinski definition) is 4. The highest BCUT2D eigenvalue weighted by molar-refractivity contribution is 5.94. The molecule has 0 aliphatic rings. The minimum Gasteiger partial charge on any atom is -0.455 e. The molecule has 1 aromatic heterocycles. The maximum absolute atomic E-state index is 9.22. The van der Waals surface area contributed by atoms with Gasteiger partial charge < -0.3 is 10.5 Å². The fourth-order valence-corrected chi connectivity index (χ4v) is 2.24. The lowest BCUT2D eigenvalue weighted by atomic mass is 10.1. The van der Waals surface area contributed by atoms with Gasteiger partial charge in [-0.15, -0.1) is 0 Å². The summed E-state index contributed by atoms with van der Waals surface area (Å²) in [5.74, 6) is 1.20. The molecule has 102 valence electrons. The van der Waals surface area contributed by atoms with E-state index in [1.165, 1.54) is 0 Å². The van der Waals surface area contributed by atoms with Crippen LogP contribution in [0.3, 0.4) is 0 Å². The number of ether oxygens (including phenoxy) is 1. The third-order valence-corrected chi connectivity index (χ3v) is 3.31. The number of aryl methyl sites for hydroxylation is 1. The van der Waals surface area contributed by atoms with E-state index < -0.39 is 0 Å². The number of para-hydroxylation sites is 1. The predicted molar refractivity (Wildman–Crippen MR) is 82.1 cm³/mol. The number of nitrogens with zero attached hydrogens (tertiary/aromatic N) is 2. The van der Waals surface area contributed by atoms with Gasteiger partial charge in [0.1, 0.15) is 17.6 Å². The van der Waals surface area contributed by atoms with E-state index in [0.717, 1.165) is 10.9 Å². The molecule has 0 amide bonds. The second-order valence-electron chi connectivity index (χ2n) is 4.72. The average molecular weight is 275 g/mol. The van der Waals surface area contributed by atoms with Crippen molar-refractivity contribution in [3.05, 3.63) is 59.8 Å². The molecule has 0 aliphatic heterocycles. The summed E-state index contributed by atoms with van der Waals surface area (Å²) < 4.78 is 5.98. The van der Waals surface area contributed by atoms with Crippen LogP contribution in [0.15, 0.2) is 48.7 Å². The van der Waals surface area contributed by atoms with Crippen LogP contribution in [-0.4, -0.2) is 4.98 Å². The van der Waals surface area contributed by atoms with Gasteiger partial charge in [-0.25, -0.2) is 0 Å². The molecule has 0 radical (unpaired) electrons. The first kappa shape index (κ1) is 12.9. The van der Waals surface area contributed by atoms with Crippen molar-refractivity contribution >= 4 is 16.6 Å². The zero-order chi connectivity index (χ0) is 14.8. The van der Waals surface area contributed by atoms with Gasteiger partial charge in [0.2, 0.25) is 0 Å². The molecule has 3 rings (SSSR count). The summed E-state index contributed by atoms with van der Waals surface area (Å²) in [6.45, 7) is 1.91. The average Bonchev–Trinajstić information content (AvgIpc) is 2.52. The van der Waals surface area contributed by atoms with Crippen molar-refractivity contribution < 1.29 is 4.74 Å². The van der Waals surface area contributed by atoms with Crippen molar-refractivity contribution in [2.45, 2.75) is 6.92 Å². The van der Waals surface area contributed by atoms with Crippen molar-refractivity contribution in [3.8, 4) is 17.6 Å². The smallest absolute Gasteiger partial charge is 0.148 e. The third-order valence-electron chi connectivity index (χ3n) is 3.31. The molecule has 2 N–H and O–H groups in total. The van der Waals surface area contributed by atoms with Crippen LogP contribution in [0.1, 0.15) is 11.1 Å². The van der Waals surface area contributed by atoms with E-state index >= 15 is 0 Å². The van der Waals surface area contributed by atoms with Crippen molar-refractivity contribution in [3.63, 3.8) is 0 Å². The van der Waals surface area contributed by atoms with Crippen molar-refractivity contribution in [2.24, 2.45) is 0 Å². The summed E-state index contributed by atoms with van der Waals surface area (Å²) >= 11 is 0. The quantitative estimate of drug-likeness (QED) is 0.722. The maximum atomic E-state index is 9.22. The summed E-state index contributed by atoms with van der Waals surface area (Å²) in [5.41, 5.74) is 8.64. The van der Waals surface area contributed by atoms with Gasteiger partial charge in [-0.05, 0) is 42.8 Å². The van der Waals surface area contributed by atoms with Gasteiger partial charge in [0, 0.05) is 11.6 Å². The minimum absolute atomic E-state index is 0.504. The number of nitrogens with two attached hydrogens (primary N) is 1. The molecule has 4 heteroatoms. The van der Waals surface area contributed by atoms with Crippen LogP contribution >= 0.6 is 0 Å². The second-order valence-corrected chi connectivity index (χ2v) is 4.72. The maximum Gasteiger partial charge on any atom is 0.148 e. The van der Waals surface area contributed by atoms with Crippen molar-refractivity contribution in [1.29, 1.82) is 5.26 Å². The minimum atomic E-state index is 0.504. The van der Waals surface area contributed by atoms with E-state index in [-0.39, 0.29) is 0 Å². The Morgan fingerprint density at radius 2 is 2.00 bits per heavy atom. The summed E-state index contributed by atoms with van der Waals surface area (Å²) in [7, 11) is 0. The molecule has 2 aromatic carbocycles. The Kier molecular flexibility index (Phi) is 3.17. The van der Waals surface area contributed by atoms with Crippen LogP contribution in [-0.2, 0) is 0 Å². The van der Waals surface area contributed by atoms with Crippen LogP contribution in [0, 0.1) is 18.3 Å². The zero-order valence-corrected chi connectivity index (χ0v) is 11.5. The monoisotopic (exact) mass is 275 g/mol. The molecule has 0 atom stereocenters. The van der Waals surface area contributed by atoms with Gasteiger partial charge in [0.25, 0.3) is 0 Å². The van der Waals surface area contributed by atoms with Gasteiger partial charge in [0.05, 0.1) is 16.8 Å². The molecule has 4 nitrogen and oxygen atoms in total. The van der Waals surface area contributed by atoms with E-state index in [1.54, 1.807) is 24.4 Å². The normalized spacial score (nSPS) is 10.3. The molecule has 0 spiro atoms. The molecular formula is C17H13N3O. The fourth-order valence-electron chi connectivity index (χ4n) is 2.24. The van der Waals surface area contributed by atoms with Crippen molar-refractivity contribution in [1.82, 2.24) is 4.98 Å². The molecule has 3 aromatic rings. The van der Waals surface area contributed by atoms with Gasteiger partial charge in [-0.1, -0.05) is 12.1 Å². The van der Waals surface area contributed by atoms with Crippen LogP contribution in [0.5, 0.6) is 11.5 Å². The van der Waals surface area contributed by atoms with E-state index in [4.69, 9.17) is 10.5 Å². The number of hydrogen-bond donors (Lipinski definition) is 1. The molecular weight excluding hydrogens is 262 g/mol. The number of benzene rings is 2. The molecule has 0 unspecified atom stereocenters. The lowest BCUT2D eigenvalue weighted by molar-refractivity contribution is 0.483. The number of aromatic nitrogens is 1. The third kappa shape index (κ3) is 2.26. The van der Waals surface area contributed by atoms with E-state index in [1.807, 2.05) is 31.2 Å². The molecule has 0 fully saturated rings.